The van der Waals surface area contributed by atoms with Crippen LogP contribution in [0.25, 0.3) is 22.7 Å². The van der Waals surface area contributed by atoms with Gasteiger partial charge in [-0.3, -0.25) is 14.7 Å². The third kappa shape index (κ3) is 4.71. The Morgan fingerprint density at radius 3 is 2.50 bits per heavy atom. The van der Waals surface area contributed by atoms with Gasteiger partial charge in [0.15, 0.2) is 17.1 Å². The molecule has 2 fully saturated rings. The summed E-state index contributed by atoms with van der Waals surface area (Å²) in [6, 6.07) is 13.4. The van der Waals surface area contributed by atoms with Crippen LogP contribution in [-0.4, -0.2) is 72.1 Å². The average molecular weight is 515 g/mol. The molecule has 0 unspecified atom stereocenters. The molecule has 4 aromatic heterocycles. The van der Waals surface area contributed by atoms with Gasteiger partial charge in [0, 0.05) is 70.2 Å². The van der Waals surface area contributed by atoms with E-state index in [4.69, 9.17) is 10.7 Å². The molecule has 0 aromatic carbocycles. The zero-order valence-corrected chi connectivity index (χ0v) is 21.2. The molecule has 2 aliphatic heterocycles. The number of carbonyl (C=O) groups is 1. The number of alkyl halides is 1. The van der Waals surface area contributed by atoms with Crippen molar-refractivity contribution in [3.8, 4) is 11.5 Å². The lowest BCUT2D eigenvalue weighted by Crippen LogP contribution is -2.53. The molecule has 0 radical (unpaired) electrons. The fraction of sp³-hybridized carbons (Fsp3) is 0.393. The number of nitrogen functional groups attached to an aromatic ring is 1. The van der Waals surface area contributed by atoms with Crippen LogP contribution in [0, 0.1) is 0 Å². The molecule has 0 aliphatic carbocycles. The van der Waals surface area contributed by atoms with E-state index in [-0.39, 0.29) is 24.8 Å². The minimum Gasteiger partial charge on any atom is -0.384 e. The molecule has 0 saturated carbocycles. The summed E-state index contributed by atoms with van der Waals surface area (Å²) in [4.78, 5) is 35.2. The number of aromatic nitrogens is 5. The maximum atomic E-state index is 15.9. The minimum atomic E-state index is -1.82. The van der Waals surface area contributed by atoms with Crippen molar-refractivity contribution in [2.45, 2.75) is 43.9 Å². The smallest absolute Gasteiger partial charge is 0.260 e. The Morgan fingerprint density at radius 1 is 0.974 bits per heavy atom. The molecule has 2 aliphatic rings. The Bertz CT molecular complexity index is 1430. The highest BCUT2D eigenvalue weighted by molar-refractivity contribution is 5.85. The average Bonchev–Trinajstić information content (AvgIpc) is 3.34. The van der Waals surface area contributed by atoms with Crippen LogP contribution < -0.4 is 5.73 Å². The third-order valence-corrected chi connectivity index (χ3v) is 7.74. The maximum absolute atomic E-state index is 15.9. The molecule has 0 bridgehead atoms. The topological polar surface area (TPSA) is 106 Å². The summed E-state index contributed by atoms with van der Waals surface area (Å²) in [6.07, 6.45) is 7.02. The van der Waals surface area contributed by atoms with Crippen LogP contribution in [0.3, 0.4) is 0 Å². The fourth-order valence-electron chi connectivity index (χ4n) is 5.69. The van der Waals surface area contributed by atoms with E-state index < -0.39 is 5.67 Å². The van der Waals surface area contributed by atoms with Crippen LogP contribution in [0.4, 0.5) is 10.2 Å². The van der Waals surface area contributed by atoms with Crippen molar-refractivity contribution < 1.29 is 9.18 Å². The lowest BCUT2D eigenvalue weighted by molar-refractivity contribution is -0.148. The maximum Gasteiger partial charge on any atom is 0.260 e. The second-order valence-electron chi connectivity index (χ2n) is 10.2. The molecule has 6 heterocycles. The van der Waals surface area contributed by atoms with Crippen molar-refractivity contribution >= 4 is 22.9 Å². The van der Waals surface area contributed by atoms with Gasteiger partial charge in [-0.15, -0.1) is 0 Å². The second kappa shape index (κ2) is 10.1. The van der Waals surface area contributed by atoms with E-state index in [2.05, 4.69) is 24.4 Å². The van der Waals surface area contributed by atoms with Crippen LogP contribution >= 0.6 is 0 Å². The zero-order valence-electron chi connectivity index (χ0n) is 21.2. The number of anilines is 1. The largest absolute Gasteiger partial charge is 0.384 e. The Balaban J connectivity index is 1.12. The number of amides is 1. The Hall–Kier alpha value is -3.92. The normalized spacial score (nSPS) is 18.6. The molecule has 6 rings (SSSR count). The first-order valence-electron chi connectivity index (χ1n) is 13.2. The van der Waals surface area contributed by atoms with Gasteiger partial charge in [0.05, 0.1) is 0 Å². The highest BCUT2D eigenvalue weighted by atomic mass is 19.1. The van der Waals surface area contributed by atoms with E-state index >= 15 is 4.39 Å². The van der Waals surface area contributed by atoms with Gasteiger partial charge in [-0.2, -0.15) is 0 Å². The zero-order chi connectivity index (χ0) is 26.1. The molecule has 2 N–H and O–H groups in total. The number of nitrogens with zero attached hydrogens (tertiary/aromatic N) is 7. The predicted octanol–water partition coefficient (Wildman–Crippen LogP) is 3.64. The van der Waals surface area contributed by atoms with Crippen molar-refractivity contribution in [1.82, 2.24) is 34.3 Å². The number of carbonyl (C=O) groups excluding carboxylic acids is 1. The van der Waals surface area contributed by atoms with Crippen molar-refractivity contribution in [3.63, 3.8) is 0 Å². The molecule has 1 amide bonds. The molecule has 4 aromatic rings. The minimum absolute atomic E-state index is 0.0983. The number of piperidine rings is 2. The standard InChI is InChI=1S/C28H31FN8O/c29-28(9-16-35(17-10-28)19-20-6-13-32-24(30)18-20)27(38)36-14-7-21(8-15-36)37-25-23(5-3-12-33-25)34-26(37)22-4-1-2-11-31-22/h1-6,11-13,18,21H,7-10,14-17,19H2,(H2,30,32). The first-order chi connectivity index (χ1) is 18.5. The molecule has 196 valence electrons. The number of pyridine rings is 3. The molecule has 0 spiro atoms. The van der Waals surface area contributed by atoms with E-state index in [0.29, 0.717) is 51.4 Å². The van der Waals surface area contributed by atoms with Gasteiger partial charge in [-0.25, -0.2) is 19.3 Å². The third-order valence-electron chi connectivity index (χ3n) is 7.74. The van der Waals surface area contributed by atoms with Crippen molar-refractivity contribution in [2.75, 3.05) is 31.9 Å². The van der Waals surface area contributed by atoms with Crippen LogP contribution in [0.5, 0.6) is 0 Å². The number of hydrogen-bond acceptors (Lipinski definition) is 7. The first-order valence-corrected chi connectivity index (χ1v) is 13.2. The van der Waals surface area contributed by atoms with Crippen LogP contribution in [0.1, 0.15) is 37.3 Å². The highest BCUT2D eigenvalue weighted by Gasteiger charge is 2.45. The van der Waals surface area contributed by atoms with E-state index in [0.717, 1.165) is 28.2 Å². The predicted molar refractivity (Wildman–Crippen MR) is 143 cm³/mol. The summed E-state index contributed by atoms with van der Waals surface area (Å²) in [7, 11) is 0. The Kier molecular flexibility index (Phi) is 6.49. The highest BCUT2D eigenvalue weighted by Crippen LogP contribution is 2.35. The van der Waals surface area contributed by atoms with E-state index in [9.17, 15) is 4.79 Å². The quantitative estimate of drug-likeness (QED) is 0.433. The van der Waals surface area contributed by atoms with Crippen molar-refractivity contribution in [3.05, 3.63) is 66.6 Å². The number of likely N-dealkylation sites (tertiary alicyclic amines) is 2. The van der Waals surface area contributed by atoms with E-state index in [1.807, 2.05) is 42.5 Å². The molecule has 38 heavy (non-hydrogen) atoms. The molecule has 0 atom stereocenters. The van der Waals surface area contributed by atoms with Crippen LogP contribution in [0.2, 0.25) is 0 Å². The van der Waals surface area contributed by atoms with Gasteiger partial charge in [0.1, 0.15) is 17.0 Å². The Morgan fingerprint density at radius 2 is 1.76 bits per heavy atom. The SMILES string of the molecule is Nc1cc(CN2CCC(F)(C(=O)N3CCC(n4c(-c5ccccn5)nc5cccnc54)CC3)CC2)ccn1. The van der Waals surface area contributed by atoms with Gasteiger partial charge in [-0.05, 0) is 54.8 Å². The summed E-state index contributed by atoms with van der Waals surface area (Å²) in [6.45, 7) is 2.74. The number of imidazole rings is 1. The van der Waals surface area contributed by atoms with Crippen molar-refractivity contribution in [2.24, 2.45) is 0 Å². The fourth-order valence-corrected chi connectivity index (χ4v) is 5.69. The summed E-state index contributed by atoms with van der Waals surface area (Å²) < 4.78 is 18.1. The number of hydrogen-bond donors (Lipinski definition) is 1. The Labute approximate surface area is 220 Å². The summed E-state index contributed by atoms with van der Waals surface area (Å²) in [5.41, 5.74) is 7.42. The van der Waals surface area contributed by atoms with Gasteiger partial charge in [-0.1, -0.05) is 6.07 Å². The van der Waals surface area contributed by atoms with E-state index in [1.54, 1.807) is 23.5 Å². The molecule has 9 nitrogen and oxygen atoms in total. The van der Waals surface area contributed by atoms with Gasteiger partial charge >= 0.3 is 0 Å². The number of fused-ring (bicyclic) bond motifs is 1. The van der Waals surface area contributed by atoms with Gasteiger partial charge in [0.25, 0.3) is 5.91 Å². The van der Waals surface area contributed by atoms with Crippen LogP contribution in [-0.2, 0) is 11.3 Å². The number of rotatable bonds is 5. The monoisotopic (exact) mass is 514 g/mol. The lowest BCUT2D eigenvalue weighted by atomic mass is 9.90. The number of halogens is 1. The molecule has 2 saturated heterocycles. The molecular weight excluding hydrogens is 483 g/mol. The van der Waals surface area contributed by atoms with Crippen LogP contribution in [0.15, 0.2) is 61.1 Å². The number of nitrogens with two attached hydrogens (primary N) is 1. The van der Waals surface area contributed by atoms with E-state index in [1.165, 1.54) is 0 Å². The summed E-state index contributed by atoms with van der Waals surface area (Å²) in [5.74, 6) is 0.876. The van der Waals surface area contributed by atoms with Gasteiger partial charge < -0.3 is 15.2 Å². The summed E-state index contributed by atoms with van der Waals surface area (Å²) in [5, 5.41) is 0. The van der Waals surface area contributed by atoms with Gasteiger partial charge in [0.2, 0.25) is 0 Å². The molecule has 10 heteroatoms. The second-order valence-corrected chi connectivity index (χ2v) is 10.2. The molecular formula is C28H31FN8O. The first kappa shape index (κ1) is 24.4. The summed E-state index contributed by atoms with van der Waals surface area (Å²) >= 11 is 0. The lowest BCUT2D eigenvalue weighted by Gasteiger charge is -2.40. The van der Waals surface area contributed by atoms with Crippen molar-refractivity contribution in [1.29, 1.82) is 0 Å².